The van der Waals surface area contributed by atoms with Crippen LogP contribution < -0.4 is 4.74 Å². The summed E-state index contributed by atoms with van der Waals surface area (Å²) in [5, 5.41) is 5.23. The standard InChI is InChI=1S/C14H13N3O2S/c1-8(18)13-12(10-4-6-11(19-3)7-5-10)15-14-17(13)16-9(2)20-14/h4-7H,1-3H3. The smallest absolute Gasteiger partial charge is 0.213 e. The van der Waals surface area contributed by atoms with E-state index in [1.807, 2.05) is 31.2 Å². The van der Waals surface area contributed by atoms with E-state index in [9.17, 15) is 4.79 Å². The second-order valence-corrected chi connectivity index (χ2v) is 5.57. The highest BCUT2D eigenvalue weighted by atomic mass is 32.1. The number of aryl methyl sites for hydroxylation is 1. The Kier molecular flexibility index (Phi) is 3.02. The first-order valence-corrected chi connectivity index (χ1v) is 6.93. The quantitative estimate of drug-likeness (QED) is 0.695. The monoisotopic (exact) mass is 287 g/mol. The maximum Gasteiger partial charge on any atom is 0.213 e. The van der Waals surface area contributed by atoms with E-state index in [-0.39, 0.29) is 5.78 Å². The van der Waals surface area contributed by atoms with Crippen LogP contribution in [0.15, 0.2) is 24.3 Å². The minimum Gasteiger partial charge on any atom is -0.497 e. The number of aromatic nitrogens is 3. The molecular formula is C14H13N3O2S. The number of hydrogen-bond donors (Lipinski definition) is 0. The maximum atomic E-state index is 11.9. The van der Waals surface area contributed by atoms with Gasteiger partial charge in [0.15, 0.2) is 5.78 Å². The van der Waals surface area contributed by atoms with Gasteiger partial charge in [0.2, 0.25) is 4.96 Å². The molecule has 6 heteroatoms. The van der Waals surface area contributed by atoms with Crippen molar-refractivity contribution in [3.8, 4) is 17.0 Å². The van der Waals surface area contributed by atoms with E-state index in [1.165, 1.54) is 18.3 Å². The highest BCUT2D eigenvalue weighted by molar-refractivity contribution is 7.16. The van der Waals surface area contributed by atoms with Crippen LogP contribution in [0.1, 0.15) is 22.4 Å². The van der Waals surface area contributed by atoms with Gasteiger partial charge in [0.25, 0.3) is 0 Å². The number of ketones is 1. The van der Waals surface area contributed by atoms with Gasteiger partial charge in [0.1, 0.15) is 22.1 Å². The van der Waals surface area contributed by atoms with Gasteiger partial charge < -0.3 is 4.74 Å². The summed E-state index contributed by atoms with van der Waals surface area (Å²) in [6, 6.07) is 7.49. The molecule has 0 N–H and O–H groups in total. The number of methoxy groups -OCH3 is 1. The molecule has 0 unspecified atom stereocenters. The first kappa shape index (κ1) is 12.8. The Morgan fingerprint density at radius 1 is 1.30 bits per heavy atom. The number of nitrogens with zero attached hydrogens (tertiary/aromatic N) is 3. The lowest BCUT2D eigenvalue weighted by Crippen LogP contribution is -2.01. The lowest BCUT2D eigenvalue weighted by atomic mass is 10.1. The van der Waals surface area contributed by atoms with Gasteiger partial charge >= 0.3 is 0 Å². The van der Waals surface area contributed by atoms with Crippen LogP contribution in [-0.2, 0) is 0 Å². The molecule has 0 saturated carbocycles. The van der Waals surface area contributed by atoms with Gasteiger partial charge in [0.05, 0.1) is 7.11 Å². The van der Waals surface area contributed by atoms with Crippen molar-refractivity contribution in [1.29, 1.82) is 0 Å². The highest BCUT2D eigenvalue weighted by Crippen LogP contribution is 2.28. The van der Waals surface area contributed by atoms with Crippen molar-refractivity contribution in [3.05, 3.63) is 35.0 Å². The Hall–Kier alpha value is -2.21. The Morgan fingerprint density at radius 3 is 2.60 bits per heavy atom. The van der Waals surface area contributed by atoms with Crippen LogP contribution >= 0.6 is 11.3 Å². The zero-order valence-corrected chi connectivity index (χ0v) is 12.2. The van der Waals surface area contributed by atoms with Gasteiger partial charge in [-0.3, -0.25) is 4.79 Å². The molecule has 0 aliphatic heterocycles. The fraction of sp³-hybridized carbons (Fsp3) is 0.214. The molecule has 102 valence electrons. The molecule has 0 spiro atoms. The molecule has 0 atom stereocenters. The molecule has 0 radical (unpaired) electrons. The van der Waals surface area contributed by atoms with Crippen LogP contribution in [0.3, 0.4) is 0 Å². The number of rotatable bonds is 3. The van der Waals surface area contributed by atoms with Crippen LogP contribution in [0.25, 0.3) is 16.2 Å². The summed E-state index contributed by atoms with van der Waals surface area (Å²) in [5.41, 5.74) is 2.07. The second kappa shape index (κ2) is 4.72. The lowest BCUT2D eigenvalue weighted by Gasteiger charge is -2.02. The minimum atomic E-state index is -0.0476. The van der Waals surface area contributed by atoms with Gasteiger partial charge in [0, 0.05) is 12.5 Å². The first-order chi connectivity index (χ1) is 9.60. The molecule has 0 saturated heterocycles. The average Bonchev–Trinajstić information content (AvgIpc) is 2.94. The largest absolute Gasteiger partial charge is 0.497 e. The number of ether oxygens (including phenoxy) is 1. The second-order valence-electron chi connectivity index (χ2n) is 4.41. The number of imidazole rings is 1. The van der Waals surface area contributed by atoms with Gasteiger partial charge in [-0.1, -0.05) is 11.3 Å². The van der Waals surface area contributed by atoms with E-state index in [0.717, 1.165) is 21.3 Å². The number of hydrogen-bond acceptors (Lipinski definition) is 5. The average molecular weight is 287 g/mol. The SMILES string of the molecule is COc1ccc(-c2nc3sc(C)nn3c2C(C)=O)cc1. The number of carbonyl (C=O) groups is 1. The zero-order valence-electron chi connectivity index (χ0n) is 11.4. The Labute approximate surface area is 119 Å². The lowest BCUT2D eigenvalue weighted by molar-refractivity contribution is 0.101. The van der Waals surface area contributed by atoms with Crippen molar-refractivity contribution in [1.82, 2.24) is 14.6 Å². The molecule has 0 fully saturated rings. The molecular weight excluding hydrogens is 274 g/mol. The van der Waals surface area contributed by atoms with E-state index in [1.54, 1.807) is 11.6 Å². The highest BCUT2D eigenvalue weighted by Gasteiger charge is 2.20. The summed E-state index contributed by atoms with van der Waals surface area (Å²) in [5.74, 6) is 0.724. The third-order valence-electron chi connectivity index (χ3n) is 3.00. The molecule has 2 heterocycles. The molecule has 0 aliphatic rings. The third-order valence-corrected chi connectivity index (χ3v) is 3.83. The Morgan fingerprint density at radius 2 is 2.00 bits per heavy atom. The van der Waals surface area contributed by atoms with E-state index in [4.69, 9.17) is 4.74 Å². The van der Waals surface area contributed by atoms with Crippen molar-refractivity contribution in [2.24, 2.45) is 0 Å². The van der Waals surface area contributed by atoms with Gasteiger partial charge in [-0.25, -0.2) is 4.98 Å². The van der Waals surface area contributed by atoms with Crippen molar-refractivity contribution in [3.63, 3.8) is 0 Å². The normalized spacial score (nSPS) is 10.9. The summed E-state index contributed by atoms with van der Waals surface area (Å²) in [6.07, 6.45) is 0. The van der Waals surface area contributed by atoms with Gasteiger partial charge in [-0.2, -0.15) is 9.61 Å². The van der Waals surface area contributed by atoms with E-state index in [0.29, 0.717) is 11.4 Å². The van der Waals surface area contributed by atoms with Gasteiger partial charge in [-0.15, -0.1) is 0 Å². The van der Waals surface area contributed by atoms with Crippen molar-refractivity contribution >= 4 is 22.1 Å². The number of Topliss-reactive ketones (excluding diaryl/α,β-unsaturated/α-hetero) is 1. The van der Waals surface area contributed by atoms with E-state index < -0.39 is 0 Å². The van der Waals surface area contributed by atoms with Crippen LogP contribution in [0.5, 0.6) is 5.75 Å². The molecule has 5 nitrogen and oxygen atoms in total. The fourth-order valence-corrected chi connectivity index (χ4v) is 2.85. The van der Waals surface area contributed by atoms with Crippen LogP contribution in [0, 0.1) is 6.92 Å². The summed E-state index contributed by atoms with van der Waals surface area (Å²) >= 11 is 1.47. The molecule has 0 bridgehead atoms. The van der Waals surface area contributed by atoms with Crippen molar-refractivity contribution < 1.29 is 9.53 Å². The van der Waals surface area contributed by atoms with E-state index >= 15 is 0 Å². The van der Waals surface area contributed by atoms with Crippen molar-refractivity contribution in [2.75, 3.05) is 7.11 Å². The zero-order chi connectivity index (χ0) is 14.3. The predicted molar refractivity (Wildman–Crippen MR) is 77.6 cm³/mol. The summed E-state index contributed by atoms with van der Waals surface area (Å²) in [4.78, 5) is 17.2. The maximum absolute atomic E-state index is 11.9. The minimum absolute atomic E-state index is 0.0476. The Bertz CT molecular complexity index is 787. The molecule has 3 rings (SSSR count). The van der Waals surface area contributed by atoms with Gasteiger partial charge in [-0.05, 0) is 31.2 Å². The molecule has 0 amide bonds. The molecule has 0 aliphatic carbocycles. The topological polar surface area (TPSA) is 56.5 Å². The van der Waals surface area contributed by atoms with E-state index in [2.05, 4.69) is 10.1 Å². The number of benzene rings is 1. The number of fused-ring (bicyclic) bond motifs is 1. The summed E-state index contributed by atoms with van der Waals surface area (Å²) in [7, 11) is 1.62. The first-order valence-electron chi connectivity index (χ1n) is 6.11. The Balaban J connectivity index is 2.21. The molecule has 20 heavy (non-hydrogen) atoms. The summed E-state index contributed by atoms with van der Waals surface area (Å²) < 4.78 is 6.77. The predicted octanol–water partition coefficient (Wildman–Crippen LogP) is 2.98. The summed E-state index contributed by atoms with van der Waals surface area (Å²) in [6.45, 7) is 3.43. The van der Waals surface area contributed by atoms with Crippen LogP contribution in [0.2, 0.25) is 0 Å². The molecule has 3 aromatic rings. The number of carbonyl (C=O) groups excluding carboxylic acids is 1. The molecule has 2 aromatic heterocycles. The van der Waals surface area contributed by atoms with Crippen LogP contribution in [0.4, 0.5) is 0 Å². The van der Waals surface area contributed by atoms with Crippen LogP contribution in [-0.4, -0.2) is 27.5 Å². The fourth-order valence-electron chi connectivity index (χ4n) is 2.11. The van der Waals surface area contributed by atoms with Crippen molar-refractivity contribution in [2.45, 2.75) is 13.8 Å². The third kappa shape index (κ3) is 1.98. The molecule has 1 aromatic carbocycles.